The Labute approximate surface area is 120 Å². The normalized spacial score (nSPS) is 20.6. The number of oxazole rings is 1. The number of hydrogen-bond acceptors (Lipinski definition) is 4. The summed E-state index contributed by atoms with van der Waals surface area (Å²) in [7, 11) is 0. The van der Waals surface area contributed by atoms with Crippen molar-refractivity contribution in [1.82, 2.24) is 4.98 Å². The molecule has 5 heteroatoms. The topological polar surface area (TPSA) is 84.0 Å². The molecule has 21 heavy (non-hydrogen) atoms. The zero-order valence-electron chi connectivity index (χ0n) is 11.3. The summed E-state index contributed by atoms with van der Waals surface area (Å²) in [5.41, 5.74) is 10.8. The van der Waals surface area contributed by atoms with E-state index in [2.05, 4.69) is 22.4 Å². The van der Waals surface area contributed by atoms with Gasteiger partial charge < -0.3 is 15.5 Å². The van der Waals surface area contributed by atoms with E-state index in [0.717, 1.165) is 12.1 Å². The minimum absolute atomic E-state index is 0.0659. The Morgan fingerprint density at radius 1 is 1.19 bits per heavy atom. The first-order valence-electron chi connectivity index (χ1n) is 6.94. The van der Waals surface area contributed by atoms with Crippen LogP contribution < -0.4 is 16.8 Å². The monoisotopic (exact) mass is 281 g/mol. The lowest BCUT2D eigenvalue weighted by molar-refractivity contribution is 0.555. The Balaban J connectivity index is 1.67. The number of aromatic nitrogens is 1. The van der Waals surface area contributed by atoms with Gasteiger partial charge in [-0.3, -0.25) is 4.98 Å². The van der Waals surface area contributed by atoms with Crippen molar-refractivity contribution in [1.29, 1.82) is 0 Å². The van der Waals surface area contributed by atoms with Crippen LogP contribution in [-0.2, 0) is 0 Å². The average molecular weight is 281 g/mol. The van der Waals surface area contributed by atoms with Crippen molar-refractivity contribution in [2.24, 2.45) is 5.73 Å². The minimum Gasteiger partial charge on any atom is -0.408 e. The van der Waals surface area contributed by atoms with Gasteiger partial charge in [-0.25, -0.2) is 4.79 Å². The smallest absolute Gasteiger partial charge is 0.408 e. The van der Waals surface area contributed by atoms with Crippen molar-refractivity contribution >= 4 is 16.8 Å². The van der Waals surface area contributed by atoms with Crippen LogP contribution in [0.25, 0.3) is 11.1 Å². The van der Waals surface area contributed by atoms with E-state index in [9.17, 15) is 4.79 Å². The van der Waals surface area contributed by atoms with Crippen LogP contribution in [0.5, 0.6) is 0 Å². The standard InChI is InChI=1S/C16H15N3O2/c17-12-8-13(11-4-2-1-3-10(11)12)18-9-5-6-15-14(7-9)19-16(20)21-15/h1-7,12-13,18H,8,17H2,(H,19,20). The molecule has 5 nitrogen and oxygen atoms in total. The van der Waals surface area contributed by atoms with E-state index in [4.69, 9.17) is 10.2 Å². The number of fused-ring (bicyclic) bond motifs is 2. The number of nitrogens with two attached hydrogens (primary N) is 1. The van der Waals surface area contributed by atoms with E-state index < -0.39 is 5.76 Å². The molecule has 0 fully saturated rings. The molecule has 4 rings (SSSR count). The highest BCUT2D eigenvalue weighted by molar-refractivity contribution is 5.77. The minimum atomic E-state index is -0.435. The first kappa shape index (κ1) is 12.2. The van der Waals surface area contributed by atoms with E-state index >= 15 is 0 Å². The van der Waals surface area contributed by atoms with Gasteiger partial charge in [0.1, 0.15) is 0 Å². The zero-order valence-corrected chi connectivity index (χ0v) is 11.3. The molecule has 2 aromatic carbocycles. The molecule has 1 aliphatic rings. The number of rotatable bonds is 2. The Morgan fingerprint density at radius 2 is 2.00 bits per heavy atom. The van der Waals surface area contributed by atoms with Crippen LogP contribution in [-0.4, -0.2) is 4.98 Å². The molecule has 2 atom stereocenters. The van der Waals surface area contributed by atoms with Crippen molar-refractivity contribution in [3.8, 4) is 0 Å². The van der Waals surface area contributed by atoms with Crippen molar-refractivity contribution in [2.45, 2.75) is 18.5 Å². The van der Waals surface area contributed by atoms with Crippen LogP contribution in [0.4, 0.5) is 5.69 Å². The van der Waals surface area contributed by atoms with Gasteiger partial charge in [-0.05, 0) is 35.7 Å². The fourth-order valence-corrected chi connectivity index (χ4v) is 3.05. The second kappa shape index (κ2) is 4.49. The van der Waals surface area contributed by atoms with Gasteiger partial charge in [-0.1, -0.05) is 24.3 Å². The summed E-state index contributed by atoms with van der Waals surface area (Å²) in [5, 5.41) is 3.49. The molecule has 106 valence electrons. The first-order valence-corrected chi connectivity index (χ1v) is 6.94. The summed E-state index contributed by atoms with van der Waals surface area (Å²) < 4.78 is 5.01. The van der Waals surface area contributed by atoms with Gasteiger partial charge in [0.2, 0.25) is 0 Å². The first-order chi connectivity index (χ1) is 10.2. The molecular weight excluding hydrogens is 266 g/mol. The van der Waals surface area contributed by atoms with Crippen molar-refractivity contribution in [3.63, 3.8) is 0 Å². The van der Waals surface area contributed by atoms with Gasteiger partial charge in [0.25, 0.3) is 0 Å². The van der Waals surface area contributed by atoms with Crippen molar-refractivity contribution < 1.29 is 4.42 Å². The predicted octanol–water partition coefficient (Wildman–Crippen LogP) is 2.68. The molecule has 0 amide bonds. The molecule has 3 aromatic rings. The molecule has 0 aliphatic heterocycles. The maximum atomic E-state index is 11.2. The average Bonchev–Trinajstić information content (AvgIpc) is 2.99. The highest BCUT2D eigenvalue weighted by Crippen LogP contribution is 2.39. The molecule has 0 spiro atoms. The lowest BCUT2D eigenvalue weighted by atomic mass is 10.1. The van der Waals surface area contributed by atoms with Gasteiger partial charge in [0.05, 0.1) is 11.6 Å². The van der Waals surface area contributed by atoms with Crippen molar-refractivity contribution in [3.05, 3.63) is 64.1 Å². The number of anilines is 1. The lowest BCUT2D eigenvalue weighted by Gasteiger charge is -2.15. The molecule has 1 heterocycles. The Kier molecular flexibility index (Phi) is 2.62. The van der Waals surface area contributed by atoms with Crippen LogP contribution in [0.2, 0.25) is 0 Å². The quantitative estimate of drug-likeness (QED) is 0.674. The molecule has 2 unspecified atom stereocenters. The molecule has 0 saturated carbocycles. The van der Waals surface area contributed by atoms with Crippen LogP contribution >= 0.6 is 0 Å². The molecule has 1 aliphatic carbocycles. The fourth-order valence-electron chi connectivity index (χ4n) is 3.05. The van der Waals surface area contributed by atoms with E-state index in [1.54, 1.807) is 6.07 Å². The van der Waals surface area contributed by atoms with Crippen LogP contribution in [0.3, 0.4) is 0 Å². The molecule has 0 bridgehead atoms. The maximum Gasteiger partial charge on any atom is 0.417 e. The molecule has 0 radical (unpaired) electrons. The van der Waals surface area contributed by atoms with Gasteiger partial charge in [-0.15, -0.1) is 0 Å². The van der Waals surface area contributed by atoms with Crippen LogP contribution in [0.15, 0.2) is 51.7 Å². The summed E-state index contributed by atoms with van der Waals surface area (Å²) >= 11 is 0. The van der Waals surface area contributed by atoms with Gasteiger partial charge in [-0.2, -0.15) is 0 Å². The Bertz CT molecular complexity index is 865. The Hall–Kier alpha value is -2.53. The number of benzene rings is 2. The summed E-state index contributed by atoms with van der Waals surface area (Å²) in [6.45, 7) is 0. The summed E-state index contributed by atoms with van der Waals surface area (Å²) in [6.07, 6.45) is 0.860. The summed E-state index contributed by atoms with van der Waals surface area (Å²) in [4.78, 5) is 13.9. The second-order valence-electron chi connectivity index (χ2n) is 5.39. The molecule has 0 saturated heterocycles. The molecule has 4 N–H and O–H groups in total. The molecular formula is C16H15N3O2. The van der Waals surface area contributed by atoms with Gasteiger partial charge in [0, 0.05) is 11.7 Å². The second-order valence-corrected chi connectivity index (χ2v) is 5.39. The summed E-state index contributed by atoms with van der Waals surface area (Å²) in [6, 6.07) is 14.1. The van der Waals surface area contributed by atoms with E-state index in [1.807, 2.05) is 24.3 Å². The maximum absolute atomic E-state index is 11.2. The fraction of sp³-hybridized carbons (Fsp3) is 0.188. The SMILES string of the molecule is NC1CC(Nc2ccc3oc(=O)[nH]c3c2)c2ccccc21. The number of nitrogens with one attached hydrogen (secondary N) is 2. The largest absolute Gasteiger partial charge is 0.417 e. The predicted molar refractivity (Wildman–Crippen MR) is 81.2 cm³/mol. The van der Waals surface area contributed by atoms with Gasteiger partial charge in [0.15, 0.2) is 5.58 Å². The van der Waals surface area contributed by atoms with Crippen LogP contribution in [0, 0.1) is 0 Å². The number of H-pyrrole nitrogens is 1. The Morgan fingerprint density at radius 3 is 2.86 bits per heavy atom. The lowest BCUT2D eigenvalue weighted by Crippen LogP contribution is -2.09. The van der Waals surface area contributed by atoms with E-state index in [-0.39, 0.29) is 12.1 Å². The van der Waals surface area contributed by atoms with E-state index in [0.29, 0.717) is 11.1 Å². The van der Waals surface area contributed by atoms with Crippen LogP contribution in [0.1, 0.15) is 29.6 Å². The zero-order chi connectivity index (χ0) is 14.4. The number of aromatic amines is 1. The third kappa shape index (κ3) is 2.02. The third-order valence-electron chi connectivity index (χ3n) is 4.02. The van der Waals surface area contributed by atoms with Crippen molar-refractivity contribution in [2.75, 3.05) is 5.32 Å². The van der Waals surface area contributed by atoms with E-state index in [1.165, 1.54) is 11.1 Å². The van der Waals surface area contributed by atoms with Gasteiger partial charge >= 0.3 is 5.76 Å². The third-order valence-corrected chi connectivity index (χ3v) is 4.02. The highest BCUT2D eigenvalue weighted by Gasteiger charge is 2.28. The summed E-state index contributed by atoms with van der Waals surface area (Å²) in [5.74, 6) is -0.435. The number of hydrogen-bond donors (Lipinski definition) is 3. The molecule has 1 aromatic heterocycles. The highest BCUT2D eigenvalue weighted by atomic mass is 16.4.